The minimum absolute atomic E-state index is 0. The Kier molecular flexibility index (Phi) is 10.4. The summed E-state index contributed by atoms with van der Waals surface area (Å²) in [5.74, 6) is 2.50. The lowest BCUT2D eigenvalue weighted by atomic mass is 10.1. The Labute approximate surface area is 186 Å². The van der Waals surface area contributed by atoms with E-state index in [0.29, 0.717) is 5.92 Å². The standard InChI is InChI=1S/C21H34N4O2.HI/c1-3-22-21(24-15-17(2)16-25-9-12-26-13-10-25)23-8-6-18-4-5-20-19(14-18)7-11-27-20;/h4-5,14,17H,3,6-13,15-16H2,1-2H3,(H2,22,23,24);1H. The van der Waals surface area contributed by atoms with E-state index in [1.54, 1.807) is 0 Å². The van der Waals surface area contributed by atoms with E-state index in [2.05, 4.69) is 47.6 Å². The van der Waals surface area contributed by atoms with Crippen molar-refractivity contribution in [2.45, 2.75) is 26.7 Å². The molecule has 0 spiro atoms. The number of ether oxygens (including phenoxy) is 2. The van der Waals surface area contributed by atoms with Gasteiger partial charge in [0.1, 0.15) is 5.75 Å². The van der Waals surface area contributed by atoms with Crippen LogP contribution in [0.4, 0.5) is 0 Å². The summed E-state index contributed by atoms with van der Waals surface area (Å²) in [5.41, 5.74) is 2.69. The second-order valence-electron chi connectivity index (χ2n) is 7.46. The topological polar surface area (TPSA) is 58.1 Å². The number of fused-ring (bicyclic) bond motifs is 1. The van der Waals surface area contributed by atoms with Gasteiger partial charge < -0.3 is 20.1 Å². The highest BCUT2D eigenvalue weighted by molar-refractivity contribution is 14.0. The number of nitrogens with zero attached hydrogens (tertiary/aromatic N) is 2. The Balaban J connectivity index is 0.00000280. The molecule has 1 atom stereocenters. The summed E-state index contributed by atoms with van der Waals surface area (Å²) in [5, 5.41) is 6.82. The van der Waals surface area contributed by atoms with E-state index < -0.39 is 0 Å². The fourth-order valence-electron chi connectivity index (χ4n) is 3.59. The molecule has 158 valence electrons. The first-order chi connectivity index (χ1) is 13.2. The van der Waals surface area contributed by atoms with Crippen molar-refractivity contribution in [3.8, 4) is 5.75 Å². The number of halogens is 1. The largest absolute Gasteiger partial charge is 0.493 e. The van der Waals surface area contributed by atoms with Gasteiger partial charge in [0.15, 0.2) is 5.96 Å². The van der Waals surface area contributed by atoms with Crippen molar-refractivity contribution in [1.29, 1.82) is 0 Å². The number of morpholine rings is 1. The molecule has 0 aliphatic carbocycles. The van der Waals surface area contributed by atoms with Gasteiger partial charge in [0.2, 0.25) is 0 Å². The quantitative estimate of drug-likeness (QED) is 0.325. The van der Waals surface area contributed by atoms with E-state index in [-0.39, 0.29) is 24.0 Å². The molecule has 2 heterocycles. The second kappa shape index (κ2) is 12.5. The van der Waals surface area contributed by atoms with Crippen LogP contribution in [0.1, 0.15) is 25.0 Å². The van der Waals surface area contributed by atoms with Gasteiger partial charge in [-0.25, -0.2) is 0 Å². The average molecular weight is 502 g/mol. The Morgan fingerprint density at radius 2 is 2.04 bits per heavy atom. The highest BCUT2D eigenvalue weighted by Crippen LogP contribution is 2.25. The fourth-order valence-corrected chi connectivity index (χ4v) is 3.59. The minimum Gasteiger partial charge on any atom is -0.493 e. The minimum atomic E-state index is 0. The van der Waals surface area contributed by atoms with Crippen LogP contribution in [-0.4, -0.2) is 69.9 Å². The number of benzene rings is 1. The molecule has 2 aliphatic rings. The lowest BCUT2D eigenvalue weighted by Crippen LogP contribution is -2.40. The number of hydrogen-bond acceptors (Lipinski definition) is 4. The van der Waals surface area contributed by atoms with Crippen LogP contribution in [0.3, 0.4) is 0 Å². The van der Waals surface area contributed by atoms with Crippen LogP contribution < -0.4 is 15.4 Å². The van der Waals surface area contributed by atoms with Crippen LogP contribution in [0.25, 0.3) is 0 Å². The molecular weight excluding hydrogens is 467 g/mol. The molecule has 2 N–H and O–H groups in total. The monoisotopic (exact) mass is 502 g/mol. The van der Waals surface area contributed by atoms with Gasteiger partial charge in [-0.05, 0) is 36.5 Å². The third-order valence-corrected chi connectivity index (χ3v) is 5.04. The van der Waals surface area contributed by atoms with Gasteiger partial charge in [0.05, 0.1) is 19.8 Å². The first kappa shape index (κ1) is 23.2. The van der Waals surface area contributed by atoms with Crippen molar-refractivity contribution < 1.29 is 9.47 Å². The number of rotatable bonds is 8. The van der Waals surface area contributed by atoms with Crippen molar-refractivity contribution >= 4 is 29.9 Å². The smallest absolute Gasteiger partial charge is 0.191 e. The molecule has 1 aromatic carbocycles. The van der Waals surface area contributed by atoms with Crippen molar-refractivity contribution in [2.75, 3.05) is 59.1 Å². The van der Waals surface area contributed by atoms with E-state index >= 15 is 0 Å². The number of nitrogens with one attached hydrogen (secondary N) is 2. The van der Waals surface area contributed by atoms with E-state index in [1.807, 2.05) is 0 Å². The molecule has 28 heavy (non-hydrogen) atoms. The third-order valence-electron chi connectivity index (χ3n) is 5.04. The summed E-state index contributed by atoms with van der Waals surface area (Å²) in [7, 11) is 0. The number of aliphatic imine (C=N–C) groups is 1. The van der Waals surface area contributed by atoms with Crippen LogP contribution in [-0.2, 0) is 17.6 Å². The Bertz CT molecular complexity index is 620. The number of hydrogen-bond donors (Lipinski definition) is 2. The summed E-state index contributed by atoms with van der Waals surface area (Å²) in [6, 6.07) is 6.54. The van der Waals surface area contributed by atoms with Crippen LogP contribution in [0.2, 0.25) is 0 Å². The molecule has 7 heteroatoms. The van der Waals surface area contributed by atoms with Gasteiger partial charge in [0.25, 0.3) is 0 Å². The Morgan fingerprint density at radius 3 is 2.82 bits per heavy atom. The molecule has 0 amide bonds. The fraction of sp³-hybridized carbons (Fsp3) is 0.667. The zero-order valence-electron chi connectivity index (χ0n) is 17.2. The molecule has 0 aromatic heterocycles. The van der Waals surface area contributed by atoms with Gasteiger partial charge in [-0.3, -0.25) is 9.89 Å². The summed E-state index contributed by atoms with van der Waals surface area (Å²) in [6.45, 7) is 12.7. The molecule has 6 nitrogen and oxygen atoms in total. The zero-order chi connectivity index (χ0) is 18.9. The maximum atomic E-state index is 5.58. The van der Waals surface area contributed by atoms with E-state index in [0.717, 1.165) is 83.6 Å². The lowest BCUT2D eigenvalue weighted by Gasteiger charge is -2.28. The summed E-state index contributed by atoms with van der Waals surface area (Å²) in [6.07, 6.45) is 2.02. The highest BCUT2D eigenvalue weighted by atomic mass is 127. The highest BCUT2D eigenvalue weighted by Gasteiger charge is 2.14. The molecule has 1 fully saturated rings. The van der Waals surface area contributed by atoms with Gasteiger partial charge in [-0.1, -0.05) is 19.1 Å². The van der Waals surface area contributed by atoms with E-state index in [1.165, 1.54) is 11.1 Å². The first-order valence-corrected chi connectivity index (χ1v) is 10.3. The molecule has 0 saturated carbocycles. The van der Waals surface area contributed by atoms with Crippen LogP contribution in [0.15, 0.2) is 23.2 Å². The van der Waals surface area contributed by atoms with Crippen LogP contribution >= 0.6 is 24.0 Å². The summed E-state index contributed by atoms with van der Waals surface area (Å²) in [4.78, 5) is 7.26. The SMILES string of the molecule is CCNC(=NCC(C)CN1CCOCC1)NCCc1ccc2c(c1)CCO2.I. The molecule has 1 saturated heterocycles. The van der Waals surface area contributed by atoms with Crippen LogP contribution in [0, 0.1) is 5.92 Å². The summed E-state index contributed by atoms with van der Waals surface area (Å²) >= 11 is 0. The van der Waals surface area contributed by atoms with Gasteiger partial charge in [-0.15, -0.1) is 24.0 Å². The molecule has 3 rings (SSSR count). The molecule has 1 unspecified atom stereocenters. The third kappa shape index (κ3) is 7.40. The Morgan fingerprint density at radius 1 is 1.21 bits per heavy atom. The van der Waals surface area contributed by atoms with Gasteiger partial charge in [0, 0.05) is 45.7 Å². The molecule has 2 aliphatic heterocycles. The normalized spacial score (nSPS) is 18.0. The molecular formula is C21H35IN4O2. The average Bonchev–Trinajstić information content (AvgIpc) is 3.15. The lowest BCUT2D eigenvalue weighted by molar-refractivity contribution is 0.0323. The van der Waals surface area contributed by atoms with Crippen molar-refractivity contribution in [3.63, 3.8) is 0 Å². The zero-order valence-corrected chi connectivity index (χ0v) is 19.5. The van der Waals surface area contributed by atoms with E-state index in [4.69, 9.17) is 14.5 Å². The first-order valence-electron chi connectivity index (χ1n) is 10.3. The van der Waals surface area contributed by atoms with Crippen LogP contribution in [0.5, 0.6) is 5.75 Å². The Hall–Kier alpha value is -1.06. The molecule has 0 bridgehead atoms. The second-order valence-corrected chi connectivity index (χ2v) is 7.46. The summed E-state index contributed by atoms with van der Waals surface area (Å²) < 4.78 is 11.0. The maximum Gasteiger partial charge on any atom is 0.191 e. The van der Waals surface area contributed by atoms with E-state index in [9.17, 15) is 0 Å². The maximum absolute atomic E-state index is 5.58. The van der Waals surface area contributed by atoms with Crippen molar-refractivity contribution in [2.24, 2.45) is 10.9 Å². The van der Waals surface area contributed by atoms with Crippen molar-refractivity contribution in [1.82, 2.24) is 15.5 Å². The predicted molar refractivity (Wildman–Crippen MR) is 125 cm³/mol. The van der Waals surface area contributed by atoms with Gasteiger partial charge in [-0.2, -0.15) is 0 Å². The molecule has 1 aromatic rings. The predicted octanol–water partition coefficient (Wildman–Crippen LogP) is 2.31. The van der Waals surface area contributed by atoms with Gasteiger partial charge >= 0.3 is 0 Å². The van der Waals surface area contributed by atoms with Crippen molar-refractivity contribution in [3.05, 3.63) is 29.3 Å². The number of guanidine groups is 1. The molecule has 0 radical (unpaired) electrons.